The lowest BCUT2D eigenvalue weighted by atomic mass is 10.2. The van der Waals surface area contributed by atoms with Crippen LogP contribution >= 0.6 is 11.8 Å². The van der Waals surface area contributed by atoms with E-state index in [0.717, 1.165) is 12.5 Å². The average molecular weight is 382 g/mol. The predicted molar refractivity (Wildman–Crippen MR) is 105 cm³/mol. The topological polar surface area (TPSA) is 61.8 Å². The molecule has 1 saturated heterocycles. The Kier molecular flexibility index (Phi) is 5.08. The molecule has 0 spiro atoms. The lowest BCUT2D eigenvalue weighted by Gasteiger charge is -2.39. The largest absolute Gasteiger partial charge is 0.355 e. The normalized spacial score (nSPS) is 24.0. The van der Waals surface area contributed by atoms with E-state index in [1.807, 2.05) is 17.8 Å². The summed E-state index contributed by atoms with van der Waals surface area (Å²) in [6.07, 6.45) is 2.38. The zero-order chi connectivity index (χ0) is 18.1. The Morgan fingerprint density at radius 2 is 1.96 bits per heavy atom. The van der Waals surface area contributed by atoms with Gasteiger partial charge in [-0.2, -0.15) is 0 Å². The third kappa shape index (κ3) is 4.14. The van der Waals surface area contributed by atoms with Gasteiger partial charge in [0.05, 0.1) is 10.5 Å². The van der Waals surface area contributed by atoms with Gasteiger partial charge in [0.2, 0.25) is 0 Å². The Morgan fingerprint density at radius 1 is 1.28 bits per heavy atom. The van der Waals surface area contributed by atoms with Gasteiger partial charge in [0, 0.05) is 36.3 Å². The van der Waals surface area contributed by atoms with E-state index in [2.05, 4.69) is 39.5 Å². The van der Waals surface area contributed by atoms with Crippen molar-refractivity contribution in [3.63, 3.8) is 0 Å². The van der Waals surface area contributed by atoms with Crippen LogP contribution in [0, 0.1) is 0 Å². The summed E-state index contributed by atoms with van der Waals surface area (Å²) in [5.41, 5.74) is 0. The smallest absolute Gasteiger partial charge is 0.193 e. The molecule has 1 N–H and O–H groups in total. The molecule has 0 radical (unpaired) electrons. The van der Waals surface area contributed by atoms with Gasteiger partial charge in [-0.25, -0.2) is 8.42 Å². The van der Waals surface area contributed by atoms with E-state index in [9.17, 15) is 8.42 Å². The van der Waals surface area contributed by atoms with Crippen molar-refractivity contribution in [2.75, 3.05) is 32.4 Å². The SMILES string of the molecule is CN=C(NCC1(Sc2ccccc2)CC1)N1CCS(=O)(=O)C(C)(C)C1. The third-order valence-corrected chi connectivity index (χ3v) is 9.04. The van der Waals surface area contributed by atoms with Crippen LogP contribution in [-0.4, -0.2) is 61.2 Å². The summed E-state index contributed by atoms with van der Waals surface area (Å²) < 4.78 is 23.9. The second kappa shape index (κ2) is 6.83. The standard InChI is InChI=1S/C18H27N3O2S2/c1-17(2)14-21(11-12-25(17,22)23)16(19-3)20-13-18(9-10-18)24-15-7-5-4-6-8-15/h4-8H,9-14H2,1-3H3,(H,19,20). The minimum absolute atomic E-state index is 0.185. The lowest BCUT2D eigenvalue weighted by molar-refractivity contribution is 0.353. The molecule has 1 aromatic carbocycles. The van der Waals surface area contributed by atoms with Crippen molar-refractivity contribution in [3.8, 4) is 0 Å². The van der Waals surface area contributed by atoms with Gasteiger partial charge in [-0.05, 0) is 38.8 Å². The molecule has 2 fully saturated rings. The van der Waals surface area contributed by atoms with Gasteiger partial charge >= 0.3 is 0 Å². The quantitative estimate of drug-likeness (QED) is 0.641. The summed E-state index contributed by atoms with van der Waals surface area (Å²) in [6, 6.07) is 10.5. The van der Waals surface area contributed by atoms with Crippen LogP contribution in [0.2, 0.25) is 0 Å². The Morgan fingerprint density at radius 3 is 2.52 bits per heavy atom. The second-order valence-corrected chi connectivity index (χ2v) is 11.8. The highest BCUT2D eigenvalue weighted by Gasteiger charge is 2.45. The molecule has 0 amide bonds. The summed E-state index contributed by atoms with van der Waals surface area (Å²) in [5.74, 6) is 0.993. The summed E-state index contributed by atoms with van der Waals surface area (Å²) in [5, 5.41) is 3.49. The van der Waals surface area contributed by atoms with Crippen molar-refractivity contribution in [3.05, 3.63) is 30.3 Å². The Bertz CT molecular complexity index is 741. The zero-order valence-electron chi connectivity index (χ0n) is 15.2. The molecule has 0 bridgehead atoms. The minimum Gasteiger partial charge on any atom is -0.355 e. The molecule has 1 aromatic rings. The van der Waals surface area contributed by atoms with Crippen molar-refractivity contribution in [2.45, 2.75) is 41.1 Å². The Labute approximate surface area is 155 Å². The van der Waals surface area contributed by atoms with Gasteiger partial charge in [-0.3, -0.25) is 4.99 Å². The lowest BCUT2D eigenvalue weighted by Crippen LogP contribution is -2.57. The highest BCUT2D eigenvalue weighted by molar-refractivity contribution is 8.01. The van der Waals surface area contributed by atoms with E-state index < -0.39 is 14.6 Å². The van der Waals surface area contributed by atoms with E-state index in [1.165, 1.54) is 17.7 Å². The molecule has 1 saturated carbocycles. The number of rotatable bonds is 4. The fraction of sp³-hybridized carbons (Fsp3) is 0.611. The number of guanidine groups is 1. The number of benzene rings is 1. The van der Waals surface area contributed by atoms with Crippen molar-refractivity contribution >= 4 is 27.6 Å². The average Bonchev–Trinajstić information content (AvgIpc) is 3.32. The van der Waals surface area contributed by atoms with Gasteiger partial charge in [-0.1, -0.05) is 18.2 Å². The Balaban J connectivity index is 1.60. The monoisotopic (exact) mass is 381 g/mol. The summed E-state index contributed by atoms with van der Waals surface area (Å²) >= 11 is 1.92. The maximum atomic E-state index is 12.2. The number of thioether (sulfide) groups is 1. The maximum Gasteiger partial charge on any atom is 0.193 e. The van der Waals surface area contributed by atoms with E-state index in [4.69, 9.17) is 0 Å². The van der Waals surface area contributed by atoms with Crippen molar-refractivity contribution in [1.29, 1.82) is 0 Å². The molecular formula is C18H27N3O2S2. The second-order valence-electron chi connectivity index (χ2n) is 7.50. The summed E-state index contributed by atoms with van der Waals surface area (Å²) in [7, 11) is -1.27. The molecule has 1 aliphatic heterocycles. The molecule has 2 aliphatic rings. The van der Waals surface area contributed by atoms with Crippen LogP contribution in [0.1, 0.15) is 26.7 Å². The predicted octanol–water partition coefficient (Wildman–Crippen LogP) is 2.40. The molecule has 138 valence electrons. The number of sulfone groups is 1. The van der Waals surface area contributed by atoms with Crippen LogP contribution in [0.25, 0.3) is 0 Å². The summed E-state index contributed by atoms with van der Waals surface area (Å²) in [4.78, 5) is 7.76. The van der Waals surface area contributed by atoms with E-state index >= 15 is 0 Å². The number of aliphatic imine (C=N–C) groups is 1. The molecule has 5 nitrogen and oxygen atoms in total. The molecule has 1 heterocycles. The van der Waals surface area contributed by atoms with Crippen LogP contribution in [0.5, 0.6) is 0 Å². The molecule has 1 aliphatic carbocycles. The van der Waals surface area contributed by atoms with Crippen LogP contribution in [0.4, 0.5) is 0 Å². The molecule has 3 rings (SSSR count). The maximum absolute atomic E-state index is 12.2. The van der Waals surface area contributed by atoms with E-state index in [0.29, 0.717) is 13.1 Å². The van der Waals surface area contributed by atoms with Gasteiger partial charge < -0.3 is 10.2 Å². The highest BCUT2D eigenvalue weighted by atomic mass is 32.2. The van der Waals surface area contributed by atoms with Crippen molar-refractivity contribution < 1.29 is 8.42 Å². The number of hydrogen-bond acceptors (Lipinski definition) is 4. The van der Waals surface area contributed by atoms with Gasteiger partial charge in [0.1, 0.15) is 0 Å². The molecule has 7 heteroatoms. The third-order valence-electron chi connectivity index (χ3n) is 5.01. The zero-order valence-corrected chi connectivity index (χ0v) is 16.8. The number of nitrogens with zero attached hydrogens (tertiary/aromatic N) is 2. The van der Waals surface area contributed by atoms with Gasteiger partial charge in [0.15, 0.2) is 15.8 Å². The molecule has 0 atom stereocenters. The first-order chi connectivity index (χ1) is 11.8. The molecular weight excluding hydrogens is 354 g/mol. The fourth-order valence-electron chi connectivity index (χ4n) is 3.09. The highest BCUT2D eigenvalue weighted by Crippen LogP contribution is 2.51. The van der Waals surface area contributed by atoms with Crippen LogP contribution in [0.3, 0.4) is 0 Å². The van der Waals surface area contributed by atoms with Gasteiger partial charge in [0.25, 0.3) is 0 Å². The molecule has 25 heavy (non-hydrogen) atoms. The van der Waals surface area contributed by atoms with Gasteiger partial charge in [-0.15, -0.1) is 11.8 Å². The minimum atomic E-state index is -3.04. The Hall–Kier alpha value is -1.21. The fourth-order valence-corrected chi connectivity index (χ4v) is 5.70. The van der Waals surface area contributed by atoms with Crippen LogP contribution in [-0.2, 0) is 9.84 Å². The molecule has 0 unspecified atom stereocenters. The van der Waals surface area contributed by atoms with Crippen LogP contribution < -0.4 is 5.32 Å². The van der Waals surface area contributed by atoms with Crippen molar-refractivity contribution in [1.82, 2.24) is 10.2 Å². The van der Waals surface area contributed by atoms with E-state index in [1.54, 1.807) is 20.9 Å². The number of hydrogen-bond donors (Lipinski definition) is 1. The van der Waals surface area contributed by atoms with Crippen molar-refractivity contribution in [2.24, 2.45) is 4.99 Å². The molecule has 0 aromatic heterocycles. The van der Waals surface area contributed by atoms with E-state index in [-0.39, 0.29) is 10.5 Å². The first-order valence-electron chi connectivity index (χ1n) is 8.69. The number of nitrogens with one attached hydrogen (secondary N) is 1. The van der Waals surface area contributed by atoms with Crippen LogP contribution in [0.15, 0.2) is 40.2 Å². The first-order valence-corrected chi connectivity index (χ1v) is 11.2. The summed E-state index contributed by atoms with van der Waals surface area (Å²) in [6.45, 7) is 5.44. The first kappa shape index (κ1) is 18.6.